The first-order valence-electron chi connectivity index (χ1n) is 1.99. The Balaban J connectivity index is 3.45. The smallest absolute Gasteiger partial charge is 0.364 e. The van der Waals surface area contributed by atoms with Gasteiger partial charge in [0, 0.05) is 11.6 Å². The van der Waals surface area contributed by atoms with Crippen LogP contribution in [0.3, 0.4) is 0 Å². The molecule has 0 N–H and O–H groups in total. The van der Waals surface area contributed by atoms with Crippen molar-refractivity contribution >= 4 is 23.4 Å². The molecular weight excluding hydrogens is 130 g/mol. The average molecular weight is 137 g/mol. The third-order valence-electron chi connectivity index (χ3n) is 0.356. The molecule has 0 saturated carbocycles. The molecule has 0 fully saturated rings. The van der Waals surface area contributed by atoms with Gasteiger partial charge in [0.2, 0.25) is 0 Å². The maximum absolute atomic E-state index is 9.83. The van der Waals surface area contributed by atoms with E-state index in [9.17, 15) is 4.79 Å². The van der Waals surface area contributed by atoms with Gasteiger partial charge in [-0.3, -0.25) is 0 Å². The Morgan fingerprint density at radius 2 is 2.25 bits per heavy atom. The second kappa shape index (κ2) is 3.43. The second-order valence-electron chi connectivity index (χ2n) is 1.42. The highest BCUT2D eigenvalue weighted by Gasteiger charge is 1.92. The summed E-state index contributed by atoms with van der Waals surface area (Å²) >= 11 is 4.80. The molecule has 3 nitrogen and oxygen atoms in total. The minimum atomic E-state index is -0.821. The van der Waals surface area contributed by atoms with Crippen LogP contribution in [0.2, 0.25) is 0 Å². The minimum absolute atomic E-state index is 0.821. The van der Waals surface area contributed by atoms with E-state index in [-0.39, 0.29) is 0 Å². The van der Waals surface area contributed by atoms with Crippen LogP contribution in [0.5, 0.6) is 0 Å². The number of halogens is 1. The van der Waals surface area contributed by atoms with Gasteiger partial charge in [0.15, 0.2) is 0 Å². The summed E-state index contributed by atoms with van der Waals surface area (Å²) in [7, 11) is 3.44. The first kappa shape index (κ1) is 7.43. The van der Waals surface area contributed by atoms with Gasteiger partial charge in [0.05, 0.1) is 0 Å². The fourth-order valence-electron chi connectivity index (χ4n) is 0.147. The summed E-state index contributed by atoms with van der Waals surface area (Å²) in [6.45, 7) is 0. The lowest BCUT2D eigenvalue weighted by Gasteiger charge is -1.83. The van der Waals surface area contributed by atoms with E-state index in [1.54, 1.807) is 18.7 Å². The minimum Gasteiger partial charge on any atom is -0.364 e. The van der Waals surface area contributed by atoms with Gasteiger partial charge in [-0.15, -0.1) is 0 Å². The van der Waals surface area contributed by atoms with E-state index in [0.29, 0.717) is 0 Å². The van der Waals surface area contributed by atoms with Gasteiger partial charge in [0.1, 0.15) is 14.1 Å². The van der Waals surface area contributed by atoms with E-state index in [1.165, 1.54) is 6.40 Å². The van der Waals surface area contributed by atoms with Crippen molar-refractivity contribution in [1.29, 1.82) is 0 Å². The monoisotopic (exact) mass is 136 g/mol. The molecule has 46 valence electrons. The van der Waals surface area contributed by atoms with Gasteiger partial charge in [-0.25, -0.2) is 9.37 Å². The van der Waals surface area contributed by atoms with Gasteiger partial charge in [-0.1, -0.05) is 0 Å². The van der Waals surface area contributed by atoms with Crippen molar-refractivity contribution < 1.29 is 14.1 Å². The molecule has 0 aliphatic rings. The maximum atomic E-state index is 9.83. The van der Waals surface area contributed by atoms with Gasteiger partial charge in [0.25, 0.3) is 0 Å². The molecule has 0 radical (unpaired) electrons. The first-order valence-corrected chi connectivity index (χ1v) is 2.36. The van der Waals surface area contributed by atoms with E-state index in [2.05, 4.69) is 4.74 Å². The lowest BCUT2D eigenvalue weighted by molar-refractivity contribution is -0.466. The zero-order chi connectivity index (χ0) is 6.57. The molecule has 8 heavy (non-hydrogen) atoms. The summed E-state index contributed by atoms with van der Waals surface area (Å²) in [5, 5.41) is 0. The number of ether oxygens (including phenoxy) is 1. The van der Waals surface area contributed by atoms with Crippen LogP contribution in [0.15, 0.2) is 0 Å². The summed E-state index contributed by atoms with van der Waals surface area (Å²) < 4.78 is 5.80. The summed E-state index contributed by atoms with van der Waals surface area (Å²) in [6.07, 6.45) is 1.22. The topological polar surface area (TPSA) is 29.3 Å². The number of carbonyl (C=O) groups is 1. The molecular formula is C4H7ClNO2+. The number of nitrogens with zero attached hydrogens (tertiary/aromatic N) is 1. The Kier molecular flexibility index (Phi) is 3.19. The third-order valence-corrected chi connectivity index (χ3v) is 0.445. The van der Waals surface area contributed by atoms with Crippen molar-refractivity contribution in [3.05, 3.63) is 0 Å². The number of hydrogen-bond donors (Lipinski definition) is 0. The lowest BCUT2D eigenvalue weighted by atomic mass is 11.1. The fraction of sp³-hybridized carbons (Fsp3) is 0.500. The van der Waals surface area contributed by atoms with Crippen LogP contribution in [0.1, 0.15) is 0 Å². The molecule has 0 aliphatic heterocycles. The Labute approximate surface area is 52.5 Å². The molecule has 0 saturated heterocycles. The zero-order valence-corrected chi connectivity index (χ0v) is 5.47. The quantitative estimate of drug-likeness (QED) is 0.229. The normalized spacial score (nSPS) is 7.88. The van der Waals surface area contributed by atoms with E-state index in [0.717, 1.165) is 0 Å². The SMILES string of the molecule is C[N+](C)=COC(=O)Cl. The van der Waals surface area contributed by atoms with Gasteiger partial charge in [-0.2, -0.15) is 0 Å². The van der Waals surface area contributed by atoms with Crippen molar-refractivity contribution in [2.75, 3.05) is 14.1 Å². The van der Waals surface area contributed by atoms with Gasteiger partial charge in [-0.05, 0) is 0 Å². The molecule has 4 heteroatoms. The van der Waals surface area contributed by atoms with Crippen LogP contribution in [-0.2, 0) is 4.74 Å². The molecule has 0 unspecified atom stereocenters. The van der Waals surface area contributed by atoms with Crippen molar-refractivity contribution in [3.8, 4) is 0 Å². The van der Waals surface area contributed by atoms with Crippen LogP contribution >= 0.6 is 11.6 Å². The Hall–Kier alpha value is -0.570. The maximum Gasteiger partial charge on any atom is 0.413 e. The molecule has 0 amide bonds. The molecule has 0 atom stereocenters. The summed E-state index contributed by atoms with van der Waals surface area (Å²) in [5.74, 6) is 0. The molecule has 0 spiro atoms. The Morgan fingerprint density at radius 1 is 1.75 bits per heavy atom. The highest BCUT2D eigenvalue weighted by atomic mass is 35.5. The molecule has 0 bridgehead atoms. The third kappa shape index (κ3) is 5.43. The van der Waals surface area contributed by atoms with E-state index < -0.39 is 5.43 Å². The number of rotatable bonds is 1. The van der Waals surface area contributed by atoms with Crippen molar-refractivity contribution in [3.63, 3.8) is 0 Å². The van der Waals surface area contributed by atoms with Crippen LogP contribution in [0.25, 0.3) is 0 Å². The predicted octanol–water partition coefficient (Wildman–Crippen LogP) is 0.662. The molecule has 0 heterocycles. The van der Waals surface area contributed by atoms with Crippen molar-refractivity contribution in [2.24, 2.45) is 0 Å². The van der Waals surface area contributed by atoms with Gasteiger partial charge < -0.3 is 4.74 Å². The summed E-state index contributed by atoms with van der Waals surface area (Å²) in [4.78, 5) is 9.83. The number of carbonyl (C=O) groups excluding carboxylic acids is 1. The second-order valence-corrected chi connectivity index (χ2v) is 1.73. The summed E-state index contributed by atoms with van der Waals surface area (Å²) in [5.41, 5.74) is -0.821. The first-order chi connectivity index (χ1) is 3.63. The zero-order valence-electron chi connectivity index (χ0n) is 4.72. The van der Waals surface area contributed by atoms with Gasteiger partial charge >= 0.3 is 11.8 Å². The fourth-order valence-corrected chi connectivity index (χ4v) is 0.187. The van der Waals surface area contributed by atoms with Crippen LogP contribution < -0.4 is 0 Å². The van der Waals surface area contributed by atoms with Crippen molar-refractivity contribution in [1.82, 2.24) is 0 Å². The van der Waals surface area contributed by atoms with Crippen LogP contribution in [0, 0.1) is 0 Å². The summed E-state index contributed by atoms with van der Waals surface area (Å²) in [6, 6.07) is 0. The predicted molar refractivity (Wildman–Crippen MR) is 30.5 cm³/mol. The molecule has 0 aromatic carbocycles. The van der Waals surface area contributed by atoms with Crippen LogP contribution in [0.4, 0.5) is 4.79 Å². The lowest BCUT2D eigenvalue weighted by Crippen LogP contribution is -2.03. The number of hydrogen-bond acceptors (Lipinski definition) is 2. The average Bonchev–Trinajstić information content (AvgIpc) is 1.61. The van der Waals surface area contributed by atoms with E-state index in [1.807, 2.05) is 0 Å². The van der Waals surface area contributed by atoms with E-state index >= 15 is 0 Å². The molecule has 0 aliphatic carbocycles. The van der Waals surface area contributed by atoms with E-state index in [4.69, 9.17) is 11.6 Å². The Bertz CT molecular complexity index is 117. The largest absolute Gasteiger partial charge is 0.413 e. The highest BCUT2D eigenvalue weighted by molar-refractivity contribution is 6.61. The van der Waals surface area contributed by atoms with Crippen LogP contribution in [-0.4, -0.2) is 30.5 Å². The molecule has 0 aromatic rings. The highest BCUT2D eigenvalue weighted by Crippen LogP contribution is 1.80. The Morgan fingerprint density at radius 3 is 2.38 bits per heavy atom. The standard InChI is InChI=1S/C4H7ClNO2/c1-6(2)3-8-4(5)7/h3H,1-2H3/q+1. The molecule has 0 rings (SSSR count). The van der Waals surface area contributed by atoms with Crippen molar-refractivity contribution in [2.45, 2.75) is 0 Å². The molecule has 0 aromatic heterocycles.